The van der Waals surface area contributed by atoms with Crippen LogP contribution in [0, 0.1) is 0 Å². The average molecular weight is 276 g/mol. The number of benzene rings is 1. The maximum absolute atomic E-state index is 6.08. The van der Waals surface area contributed by atoms with Gasteiger partial charge in [0.1, 0.15) is 0 Å². The summed E-state index contributed by atoms with van der Waals surface area (Å²) in [6.07, 6.45) is 3.69. The van der Waals surface area contributed by atoms with Crippen molar-refractivity contribution in [3.63, 3.8) is 0 Å². The molecule has 0 unspecified atom stereocenters. The summed E-state index contributed by atoms with van der Waals surface area (Å²) in [5.74, 6) is 0. The Balaban J connectivity index is 1.75. The Bertz CT molecular complexity index is 502. The molecule has 1 aromatic carbocycles. The molecule has 0 saturated carbocycles. The third-order valence-electron chi connectivity index (χ3n) is 2.86. The molecule has 0 bridgehead atoms. The SMILES string of the molecule is CN(CCNc1ccccc1Cl)Cc1cccnc1. The quantitative estimate of drug-likeness (QED) is 0.877. The molecule has 0 aliphatic heterocycles. The summed E-state index contributed by atoms with van der Waals surface area (Å²) in [7, 11) is 2.10. The predicted molar refractivity (Wildman–Crippen MR) is 80.5 cm³/mol. The Morgan fingerprint density at radius 2 is 2.05 bits per heavy atom. The highest BCUT2D eigenvalue weighted by Crippen LogP contribution is 2.19. The van der Waals surface area contributed by atoms with Crippen LogP contribution in [0.4, 0.5) is 5.69 Å². The molecule has 0 saturated heterocycles. The van der Waals surface area contributed by atoms with Gasteiger partial charge in [-0.1, -0.05) is 29.8 Å². The lowest BCUT2D eigenvalue weighted by atomic mass is 10.2. The fourth-order valence-electron chi connectivity index (χ4n) is 1.87. The molecule has 0 radical (unpaired) electrons. The minimum absolute atomic E-state index is 0.761. The maximum atomic E-state index is 6.08. The molecule has 3 nitrogen and oxygen atoms in total. The van der Waals surface area contributed by atoms with E-state index in [2.05, 4.69) is 28.3 Å². The van der Waals surface area contributed by atoms with Gasteiger partial charge in [0, 0.05) is 32.0 Å². The van der Waals surface area contributed by atoms with Crippen molar-refractivity contribution in [1.29, 1.82) is 0 Å². The van der Waals surface area contributed by atoms with Crippen LogP contribution in [0.1, 0.15) is 5.56 Å². The zero-order chi connectivity index (χ0) is 13.5. The second kappa shape index (κ2) is 7.12. The number of rotatable bonds is 6. The van der Waals surface area contributed by atoms with Crippen molar-refractivity contribution >= 4 is 17.3 Å². The fraction of sp³-hybridized carbons (Fsp3) is 0.267. The highest BCUT2D eigenvalue weighted by Gasteiger charge is 2.01. The first kappa shape index (κ1) is 13.8. The van der Waals surface area contributed by atoms with E-state index in [0.717, 1.165) is 30.3 Å². The van der Waals surface area contributed by atoms with Crippen LogP contribution in [-0.2, 0) is 6.54 Å². The van der Waals surface area contributed by atoms with E-state index in [1.165, 1.54) is 5.56 Å². The molecule has 100 valence electrons. The van der Waals surface area contributed by atoms with E-state index >= 15 is 0 Å². The van der Waals surface area contributed by atoms with Crippen molar-refractivity contribution in [2.45, 2.75) is 6.54 Å². The minimum Gasteiger partial charge on any atom is -0.383 e. The number of nitrogens with zero attached hydrogens (tertiary/aromatic N) is 2. The van der Waals surface area contributed by atoms with Crippen LogP contribution in [0.3, 0.4) is 0 Å². The van der Waals surface area contributed by atoms with Gasteiger partial charge in [0.25, 0.3) is 0 Å². The van der Waals surface area contributed by atoms with Crippen molar-refractivity contribution < 1.29 is 0 Å². The molecular weight excluding hydrogens is 258 g/mol. The number of hydrogen-bond acceptors (Lipinski definition) is 3. The van der Waals surface area contributed by atoms with Crippen LogP contribution in [0.15, 0.2) is 48.8 Å². The summed E-state index contributed by atoms with van der Waals surface area (Å²) in [6.45, 7) is 2.71. The van der Waals surface area contributed by atoms with E-state index in [0.29, 0.717) is 0 Å². The van der Waals surface area contributed by atoms with E-state index in [1.54, 1.807) is 6.20 Å². The molecule has 1 heterocycles. The minimum atomic E-state index is 0.761. The Kier molecular flexibility index (Phi) is 5.19. The number of pyridine rings is 1. The van der Waals surface area contributed by atoms with Crippen molar-refractivity contribution in [1.82, 2.24) is 9.88 Å². The summed E-state index contributed by atoms with van der Waals surface area (Å²) in [5.41, 5.74) is 2.21. The van der Waals surface area contributed by atoms with Gasteiger partial charge >= 0.3 is 0 Å². The van der Waals surface area contributed by atoms with E-state index in [9.17, 15) is 0 Å². The number of aromatic nitrogens is 1. The van der Waals surface area contributed by atoms with Gasteiger partial charge in [-0.25, -0.2) is 0 Å². The smallest absolute Gasteiger partial charge is 0.0637 e. The van der Waals surface area contributed by atoms with Gasteiger partial charge in [0.15, 0.2) is 0 Å². The van der Waals surface area contributed by atoms with Crippen LogP contribution < -0.4 is 5.32 Å². The van der Waals surface area contributed by atoms with E-state index in [4.69, 9.17) is 11.6 Å². The molecule has 1 N–H and O–H groups in total. The zero-order valence-electron chi connectivity index (χ0n) is 11.0. The van der Waals surface area contributed by atoms with Gasteiger partial charge in [-0.05, 0) is 30.8 Å². The number of halogens is 1. The Labute approximate surface area is 119 Å². The molecule has 0 atom stereocenters. The maximum Gasteiger partial charge on any atom is 0.0637 e. The van der Waals surface area contributed by atoms with E-state index in [1.807, 2.05) is 36.5 Å². The molecule has 4 heteroatoms. The molecular formula is C15H18ClN3. The predicted octanol–water partition coefficient (Wildman–Crippen LogP) is 3.28. The lowest BCUT2D eigenvalue weighted by molar-refractivity contribution is 0.339. The Morgan fingerprint density at radius 1 is 1.21 bits per heavy atom. The zero-order valence-corrected chi connectivity index (χ0v) is 11.8. The van der Waals surface area contributed by atoms with Crippen LogP contribution in [0.2, 0.25) is 5.02 Å². The van der Waals surface area contributed by atoms with Crippen molar-refractivity contribution in [3.8, 4) is 0 Å². The van der Waals surface area contributed by atoms with Crippen LogP contribution in [0.25, 0.3) is 0 Å². The third-order valence-corrected chi connectivity index (χ3v) is 3.19. The van der Waals surface area contributed by atoms with Crippen LogP contribution in [-0.4, -0.2) is 30.0 Å². The van der Waals surface area contributed by atoms with Gasteiger partial charge in [0.05, 0.1) is 10.7 Å². The number of likely N-dealkylation sites (N-methyl/N-ethyl adjacent to an activating group) is 1. The first-order valence-electron chi connectivity index (χ1n) is 6.31. The first-order chi connectivity index (χ1) is 9.25. The third kappa shape index (κ3) is 4.54. The average Bonchev–Trinajstić information content (AvgIpc) is 2.42. The summed E-state index contributed by atoms with van der Waals surface area (Å²) in [4.78, 5) is 6.37. The molecule has 0 aliphatic carbocycles. The highest BCUT2D eigenvalue weighted by atomic mass is 35.5. The summed E-state index contributed by atoms with van der Waals surface area (Å²) < 4.78 is 0. The first-order valence-corrected chi connectivity index (χ1v) is 6.69. The lowest BCUT2D eigenvalue weighted by Gasteiger charge is -2.17. The molecule has 0 aliphatic rings. The monoisotopic (exact) mass is 275 g/mol. The fourth-order valence-corrected chi connectivity index (χ4v) is 2.07. The second-order valence-electron chi connectivity index (χ2n) is 4.51. The van der Waals surface area contributed by atoms with Crippen molar-refractivity contribution in [3.05, 3.63) is 59.4 Å². The molecule has 1 aromatic heterocycles. The number of hydrogen-bond donors (Lipinski definition) is 1. The van der Waals surface area contributed by atoms with Gasteiger partial charge in [-0.2, -0.15) is 0 Å². The molecule has 19 heavy (non-hydrogen) atoms. The Morgan fingerprint density at radius 3 is 2.79 bits per heavy atom. The molecule has 2 aromatic rings. The molecule has 0 fully saturated rings. The van der Waals surface area contributed by atoms with Gasteiger partial charge in [0.2, 0.25) is 0 Å². The second-order valence-corrected chi connectivity index (χ2v) is 4.91. The van der Waals surface area contributed by atoms with E-state index in [-0.39, 0.29) is 0 Å². The van der Waals surface area contributed by atoms with Crippen LogP contribution >= 0.6 is 11.6 Å². The normalized spacial score (nSPS) is 10.7. The molecule has 2 rings (SSSR count). The van der Waals surface area contributed by atoms with Gasteiger partial charge < -0.3 is 10.2 Å². The van der Waals surface area contributed by atoms with E-state index < -0.39 is 0 Å². The standard InChI is InChI=1S/C15H18ClN3/c1-19(12-13-5-4-8-17-11-13)10-9-18-15-7-3-2-6-14(15)16/h2-8,11,18H,9-10,12H2,1H3. The van der Waals surface area contributed by atoms with Crippen LogP contribution in [0.5, 0.6) is 0 Å². The number of anilines is 1. The molecule has 0 spiro atoms. The lowest BCUT2D eigenvalue weighted by Crippen LogP contribution is -2.24. The van der Waals surface area contributed by atoms with Crippen molar-refractivity contribution in [2.24, 2.45) is 0 Å². The summed E-state index contributed by atoms with van der Waals surface area (Å²) in [6, 6.07) is 11.8. The summed E-state index contributed by atoms with van der Waals surface area (Å²) >= 11 is 6.08. The topological polar surface area (TPSA) is 28.2 Å². The number of nitrogens with one attached hydrogen (secondary N) is 1. The largest absolute Gasteiger partial charge is 0.383 e. The van der Waals surface area contributed by atoms with Gasteiger partial charge in [-0.15, -0.1) is 0 Å². The van der Waals surface area contributed by atoms with Gasteiger partial charge in [-0.3, -0.25) is 4.98 Å². The Hall–Kier alpha value is -1.58. The molecule has 0 amide bonds. The number of para-hydroxylation sites is 1. The van der Waals surface area contributed by atoms with Crippen molar-refractivity contribution in [2.75, 3.05) is 25.5 Å². The highest BCUT2D eigenvalue weighted by molar-refractivity contribution is 6.33. The summed E-state index contributed by atoms with van der Waals surface area (Å²) in [5, 5.41) is 4.10.